The van der Waals surface area contributed by atoms with Crippen molar-refractivity contribution in [1.29, 1.82) is 0 Å². The monoisotopic (exact) mass is 298 g/mol. The molecule has 0 atom stereocenters. The minimum absolute atomic E-state index is 0.636. The van der Waals surface area contributed by atoms with E-state index in [1.807, 2.05) is 31.2 Å². The fourth-order valence-electron chi connectivity index (χ4n) is 2.43. The third-order valence-corrected chi connectivity index (χ3v) is 3.60. The smallest absolute Gasteiger partial charge is 0.183 e. The molecule has 22 heavy (non-hydrogen) atoms. The molecule has 2 aromatic heterocycles. The molecule has 0 saturated carbocycles. The largest absolute Gasteiger partial charge is 0.497 e. The van der Waals surface area contributed by atoms with Gasteiger partial charge in [0, 0.05) is 35.8 Å². The molecule has 3 rings (SSSR count). The number of aromatic nitrogens is 3. The van der Waals surface area contributed by atoms with E-state index in [0.29, 0.717) is 12.2 Å². The summed E-state index contributed by atoms with van der Waals surface area (Å²) >= 11 is 0. The maximum Gasteiger partial charge on any atom is 0.183 e. The van der Waals surface area contributed by atoms with Crippen LogP contribution in [0.1, 0.15) is 11.3 Å². The summed E-state index contributed by atoms with van der Waals surface area (Å²) in [5.74, 6) is 1.57. The van der Waals surface area contributed by atoms with Crippen molar-refractivity contribution in [2.24, 2.45) is 0 Å². The molecule has 114 valence electrons. The summed E-state index contributed by atoms with van der Waals surface area (Å²) in [6, 6.07) is 7.74. The first kappa shape index (κ1) is 14.2. The quantitative estimate of drug-likeness (QED) is 0.758. The van der Waals surface area contributed by atoms with Gasteiger partial charge in [0.2, 0.25) is 0 Å². The summed E-state index contributed by atoms with van der Waals surface area (Å²) in [6.45, 7) is 2.62. The van der Waals surface area contributed by atoms with E-state index in [4.69, 9.17) is 9.47 Å². The average molecular weight is 298 g/mol. The van der Waals surface area contributed by atoms with Crippen LogP contribution in [0.3, 0.4) is 0 Å². The number of fused-ring (bicyclic) bond motifs is 1. The maximum absolute atomic E-state index is 5.42. The summed E-state index contributed by atoms with van der Waals surface area (Å²) in [4.78, 5) is 4.25. The Bertz CT molecular complexity index is 798. The number of hydrogen-bond donors (Lipinski definition) is 2. The van der Waals surface area contributed by atoms with E-state index in [1.165, 1.54) is 0 Å². The van der Waals surface area contributed by atoms with Crippen molar-refractivity contribution in [2.45, 2.75) is 13.5 Å². The Balaban J connectivity index is 1.87. The fourth-order valence-corrected chi connectivity index (χ4v) is 2.43. The molecule has 0 aliphatic heterocycles. The number of pyridine rings is 1. The van der Waals surface area contributed by atoms with Crippen LogP contribution in [-0.4, -0.2) is 29.4 Å². The van der Waals surface area contributed by atoms with Crippen molar-refractivity contribution in [3.8, 4) is 11.5 Å². The highest BCUT2D eigenvalue weighted by Crippen LogP contribution is 2.27. The highest BCUT2D eigenvalue weighted by Gasteiger charge is 2.09. The molecule has 0 aliphatic rings. The summed E-state index contributed by atoms with van der Waals surface area (Å²) in [6.07, 6.45) is 1.75. The van der Waals surface area contributed by atoms with E-state index in [1.54, 1.807) is 20.4 Å². The van der Waals surface area contributed by atoms with Crippen molar-refractivity contribution in [3.05, 3.63) is 41.7 Å². The predicted molar refractivity (Wildman–Crippen MR) is 85.5 cm³/mol. The predicted octanol–water partition coefficient (Wildman–Crippen LogP) is 2.90. The molecule has 0 unspecified atom stereocenters. The lowest BCUT2D eigenvalue weighted by Gasteiger charge is -2.12. The molecule has 6 heteroatoms. The van der Waals surface area contributed by atoms with Crippen LogP contribution >= 0.6 is 0 Å². The van der Waals surface area contributed by atoms with Crippen molar-refractivity contribution in [1.82, 2.24) is 15.2 Å². The van der Waals surface area contributed by atoms with Crippen LogP contribution in [0.25, 0.3) is 11.0 Å². The molecular formula is C16H18N4O2. The van der Waals surface area contributed by atoms with E-state index in [2.05, 4.69) is 20.5 Å². The number of benzene rings is 1. The molecule has 2 N–H and O–H groups in total. The molecule has 0 radical (unpaired) electrons. The molecule has 1 aromatic carbocycles. The van der Waals surface area contributed by atoms with Crippen LogP contribution in [0.15, 0.2) is 30.5 Å². The molecule has 0 aliphatic carbocycles. The molecule has 6 nitrogen and oxygen atoms in total. The average Bonchev–Trinajstić information content (AvgIpc) is 2.94. The summed E-state index contributed by atoms with van der Waals surface area (Å²) in [5.41, 5.74) is 3.75. The number of ether oxygens (including phenoxy) is 2. The molecule has 0 saturated heterocycles. The third-order valence-electron chi connectivity index (χ3n) is 3.60. The van der Waals surface area contributed by atoms with E-state index < -0.39 is 0 Å². The molecule has 0 bridgehead atoms. The van der Waals surface area contributed by atoms with Gasteiger partial charge in [0.15, 0.2) is 5.65 Å². The zero-order valence-corrected chi connectivity index (χ0v) is 12.8. The fraction of sp³-hybridized carbons (Fsp3) is 0.250. The van der Waals surface area contributed by atoms with Gasteiger partial charge >= 0.3 is 0 Å². The Labute approximate surface area is 128 Å². The standard InChI is InChI=1S/C16H18N4O2/c1-10-15-13(6-7-17-16(15)20-19-10)18-9-11-4-5-12(21-2)8-14(11)22-3/h4-8H,9H2,1-3H3,(H2,17,18,19,20). The second-order valence-corrected chi connectivity index (χ2v) is 4.94. The number of nitrogens with zero attached hydrogens (tertiary/aromatic N) is 2. The first-order chi connectivity index (χ1) is 10.7. The van der Waals surface area contributed by atoms with Gasteiger partial charge in [-0.25, -0.2) is 4.98 Å². The summed E-state index contributed by atoms with van der Waals surface area (Å²) < 4.78 is 10.6. The topological polar surface area (TPSA) is 72.1 Å². The number of anilines is 1. The highest BCUT2D eigenvalue weighted by molar-refractivity contribution is 5.90. The number of aryl methyl sites for hydroxylation is 1. The van der Waals surface area contributed by atoms with Crippen molar-refractivity contribution < 1.29 is 9.47 Å². The molecule has 2 heterocycles. The van der Waals surface area contributed by atoms with E-state index in [-0.39, 0.29) is 0 Å². The highest BCUT2D eigenvalue weighted by atomic mass is 16.5. The minimum Gasteiger partial charge on any atom is -0.497 e. The van der Waals surface area contributed by atoms with Gasteiger partial charge in [0.25, 0.3) is 0 Å². The second-order valence-electron chi connectivity index (χ2n) is 4.94. The van der Waals surface area contributed by atoms with Gasteiger partial charge in [0.1, 0.15) is 11.5 Å². The van der Waals surface area contributed by atoms with Crippen LogP contribution < -0.4 is 14.8 Å². The number of aromatic amines is 1. The lowest BCUT2D eigenvalue weighted by atomic mass is 10.1. The minimum atomic E-state index is 0.636. The maximum atomic E-state index is 5.42. The van der Waals surface area contributed by atoms with E-state index in [0.717, 1.165) is 33.8 Å². The zero-order chi connectivity index (χ0) is 15.5. The number of hydrogen-bond acceptors (Lipinski definition) is 5. The number of methoxy groups -OCH3 is 2. The molecular weight excluding hydrogens is 280 g/mol. The summed E-state index contributed by atoms with van der Waals surface area (Å²) in [5, 5.41) is 11.6. The Hall–Kier alpha value is -2.76. The molecule has 0 fully saturated rings. The normalized spacial score (nSPS) is 10.7. The van der Waals surface area contributed by atoms with Crippen LogP contribution in [0.2, 0.25) is 0 Å². The lowest BCUT2D eigenvalue weighted by molar-refractivity contribution is 0.391. The third kappa shape index (κ3) is 2.55. The van der Waals surface area contributed by atoms with Gasteiger partial charge in [-0.1, -0.05) is 0 Å². The number of nitrogens with one attached hydrogen (secondary N) is 2. The van der Waals surface area contributed by atoms with Crippen molar-refractivity contribution >= 4 is 16.7 Å². The van der Waals surface area contributed by atoms with Gasteiger partial charge < -0.3 is 14.8 Å². The van der Waals surface area contributed by atoms with Gasteiger partial charge in [-0.15, -0.1) is 0 Å². The van der Waals surface area contributed by atoms with Gasteiger partial charge in [-0.05, 0) is 25.1 Å². The van der Waals surface area contributed by atoms with Crippen LogP contribution in [0, 0.1) is 6.92 Å². The van der Waals surface area contributed by atoms with Gasteiger partial charge in [-0.3, -0.25) is 5.10 Å². The van der Waals surface area contributed by atoms with Crippen molar-refractivity contribution in [3.63, 3.8) is 0 Å². The van der Waals surface area contributed by atoms with E-state index >= 15 is 0 Å². The first-order valence-corrected chi connectivity index (χ1v) is 6.97. The Morgan fingerprint density at radius 3 is 2.82 bits per heavy atom. The first-order valence-electron chi connectivity index (χ1n) is 6.97. The van der Waals surface area contributed by atoms with Crippen LogP contribution in [0.4, 0.5) is 5.69 Å². The molecule has 3 aromatic rings. The Kier molecular flexibility index (Phi) is 3.82. The molecule has 0 amide bonds. The Morgan fingerprint density at radius 1 is 1.18 bits per heavy atom. The second kappa shape index (κ2) is 5.93. The SMILES string of the molecule is COc1ccc(CNc2ccnc3n[nH]c(C)c23)c(OC)c1. The summed E-state index contributed by atoms with van der Waals surface area (Å²) in [7, 11) is 3.30. The van der Waals surface area contributed by atoms with Crippen LogP contribution in [0.5, 0.6) is 11.5 Å². The van der Waals surface area contributed by atoms with Gasteiger partial charge in [0.05, 0.1) is 19.6 Å². The van der Waals surface area contributed by atoms with Crippen molar-refractivity contribution in [2.75, 3.05) is 19.5 Å². The number of H-pyrrole nitrogens is 1. The lowest BCUT2D eigenvalue weighted by Crippen LogP contribution is -2.03. The number of rotatable bonds is 5. The zero-order valence-electron chi connectivity index (χ0n) is 12.8. The van der Waals surface area contributed by atoms with E-state index in [9.17, 15) is 0 Å². The Morgan fingerprint density at radius 2 is 2.05 bits per heavy atom. The van der Waals surface area contributed by atoms with Gasteiger partial charge in [-0.2, -0.15) is 5.10 Å². The molecule has 0 spiro atoms. The van der Waals surface area contributed by atoms with Crippen LogP contribution in [-0.2, 0) is 6.54 Å².